The van der Waals surface area contributed by atoms with Gasteiger partial charge in [-0.3, -0.25) is 4.79 Å². The lowest BCUT2D eigenvalue weighted by atomic mass is 9.89. The summed E-state index contributed by atoms with van der Waals surface area (Å²) >= 11 is 0. The van der Waals surface area contributed by atoms with Crippen molar-refractivity contribution < 1.29 is 13.9 Å². The van der Waals surface area contributed by atoms with E-state index < -0.39 is 0 Å². The number of nitrogens with two attached hydrogens (primary N) is 1. The topological polar surface area (TPSA) is 68.7 Å². The van der Waals surface area contributed by atoms with Gasteiger partial charge in [0.2, 0.25) is 0 Å². The third kappa shape index (κ3) is 3.77. The third-order valence-corrected chi connectivity index (χ3v) is 5.09. The lowest BCUT2D eigenvalue weighted by Gasteiger charge is -2.37. The molecule has 3 aromatic rings. The summed E-state index contributed by atoms with van der Waals surface area (Å²) in [6.07, 6.45) is 2.25. The summed E-state index contributed by atoms with van der Waals surface area (Å²) in [6, 6.07) is 17.9. The first kappa shape index (κ1) is 20.0. The van der Waals surface area contributed by atoms with E-state index in [2.05, 4.69) is 18.2 Å². The fourth-order valence-electron chi connectivity index (χ4n) is 3.64. The Morgan fingerprint density at radius 1 is 1.18 bits per heavy atom. The maximum absolute atomic E-state index is 13.3. The van der Waals surface area contributed by atoms with Gasteiger partial charge in [-0.05, 0) is 41.3 Å². The van der Waals surface area contributed by atoms with Gasteiger partial charge in [0.15, 0.2) is 0 Å². The molecule has 146 valence electrons. The van der Waals surface area contributed by atoms with Crippen molar-refractivity contribution in [1.82, 2.24) is 4.90 Å². The van der Waals surface area contributed by atoms with Crippen LogP contribution in [0.1, 0.15) is 38.9 Å². The number of amides is 1. The Morgan fingerprint density at radius 3 is 2.64 bits per heavy atom. The molecule has 1 aliphatic rings. The highest BCUT2D eigenvalue weighted by Gasteiger charge is 2.32. The molecule has 1 atom stereocenters. The van der Waals surface area contributed by atoms with Crippen LogP contribution in [-0.4, -0.2) is 17.9 Å². The standard InChI is InChI=1S/C22H22N2O3.ClH/c1-26-19-8-7-16-11-21(15-5-3-2-4-6-15)24(13-17(16)9-19)22(25)18-10-20(12-23)27-14-18;/h2-10,14,21H,11-13,23H2,1H3;1H. The number of rotatable bonds is 4. The minimum Gasteiger partial charge on any atom is -0.497 e. The fourth-order valence-corrected chi connectivity index (χ4v) is 3.64. The molecule has 0 radical (unpaired) electrons. The van der Waals surface area contributed by atoms with Gasteiger partial charge in [0.1, 0.15) is 17.8 Å². The van der Waals surface area contributed by atoms with Gasteiger partial charge in [0, 0.05) is 6.54 Å². The van der Waals surface area contributed by atoms with E-state index >= 15 is 0 Å². The number of hydrogen-bond donors (Lipinski definition) is 1. The van der Waals surface area contributed by atoms with Crippen molar-refractivity contribution in [2.75, 3.05) is 7.11 Å². The van der Waals surface area contributed by atoms with Crippen LogP contribution < -0.4 is 10.5 Å². The smallest absolute Gasteiger partial charge is 0.257 e. The average Bonchev–Trinajstić information content (AvgIpc) is 3.22. The molecule has 2 aromatic carbocycles. The summed E-state index contributed by atoms with van der Waals surface area (Å²) in [4.78, 5) is 15.2. The molecule has 5 nitrogen and oxygen atoms in total. The number of fused-ring (bicyclic) bond motifs is 1. The zero-order chi connectivity index (χ0) is 18.8. The van der Waals surface area contributed by atoms with E-state index in [9.17, 15) is 4.79 Å². The summed E-state index contributed by atoms with van der Waals surface area (Å²) in [7, 11) is 1.65. The molecule has 0 aliphatic carbocycles. The maximum atomic E-state index is 13.3. The third-order valence-electron chi connectivity index (χ3n) is 5.09. The number of carbonyl (C=O) groups excluding carboxylic acids is 1. The normalized spacial score (nSPS) is 15.5. The second kappa shape index (κ2) is 8.50. The fraction of sp³-hybridized carbons (Fsp3) is 0.227. The molecule has 0 fully saturated rings. The van der Waals surface area contributed by atoms with Gasteiger partial charge in [0.05, 0.1) is 25.3 Å². The number of benzene rings is 2. The SMILES string of the molecule is COc1ccc2c(c1)CN(C(=O)c1coc(CN)c1)C(c1ccccc1)C2.Cl. The predicted molar refractivity (Wildman–Crippen MR) is 110 cm³/mol. The Kier molecular flexibility index (Phi) is 6.07. The van der Waals surface area contributed by atoms with E-state index in [-0.39, 0.29) is 30.9 Å². The van der Waals surface area contributed by atoms with Crippen LogP contribution in [0.15, 0.2) is 65.3 Å². The highest BCUT2D eigenvalue weighted by Crippen LogP contribution is 2.36. The van der Waals surface area contributed by atoms with Crippen molar-refractivity contribution in [3.05, 3.63) is 88.9 Å². The number of methoxy groups -OCH3 is 1. The second-order valence-corrected chi connectivity index (χ2v) is 6.70. The van der Waals surface area contributed by atoms with Gasteiger partial charge in [-0.25, -0.2) is 0 Å². The van der Waals surface area contributed by atoms with Gasteiger partial charge in [-0.15, -0.1) is 12.4 Å². The maximum Gasteiger partial charge on any atom is 0.257 e. The Balaban J connectivity index is 0.00000225. The molecule has 1 unspecified atom stereocenters. The molecule has 0 bridgehead atoms. The van der Waals surface area contributed by atoms with Crippen LogP contribution in [-0.2, 0) is 19.5 Å². The quantitative estimate of drug-likeness (QED) is 0.718. The summed E-state index contributed by atoms with van der Waals surface area (Å²) < 4.78 is 10.7. The molecule has 1 aromatic heterocycles. The first-order valence-electron chi connectivity index (χ1n) is 8.98. The first-order chi connectivity index (χ1) is 13.2. The molecular weight excluding hydrogens is 376 g/mol. The van der Waals surface area contributed by atoms with Crippen molar-refractivity contribution in [2.24, 2.45) is 5.73 Å². The minimum absolute atomic E-state index is 0. The Labute approximate surface area is 170 Å². The van der Waals surface area contributed by atoms with Gasteiger partial charge >= 0.3 is 0 Å². The summed E-state index contributed by atoms with van der Waals surface area (Å²) in [5.74, 6) is 1.35. The summed E-state index contributed by atoms with van der Waals surface area (Å²) in [5.41, 5.74) is 9.62. The molecule has 0 spiro atoms. The Hall–Kier alpha value is -2.76. The lowest BCUT2D eigenvalue weighted by molar-refractivity contribution is 0.0637. The van der Waals surface area contributed by atoms with Gasteiger partial charge < -0.3 is 19.8 Å². The Bertz CT molecular complexity index is 955. The van der Waals surface area contributed by atoms with Gasteiger partial charge in [-0.2, -0.15) is 0 Å². The van der Waals surface area contributed by atoms with E-state index in [1.165, 1.54) is 11.8 Å². The van der Waals surface area contributed by atoms with Crippen LogP contribution in [0, 0.1) is 0 Å². The molecule has 4 rings (SSSR count). The van der Waals surface area contributed by atoms with Crippen molar-refractivity contribution in [3.8, 4) is 5.75 Å². The number of carbonyl (C=O) groups is 1. The number of furan rings is 1. The average molecular weight is 399 g/mol. The summed E-state index contributed by atoms with van der Waals surface area (Å²) in [6.45, 7) is 0.795. The molecule has 6 heteroatoms. The zero-order valence-electron chi connectivity index (χ0n) is 15.6. The Morgan fingerprint density at radius 2 is 1.96 bits per heavy atom. The van der Waals surface area contributed by atoms with Crippen LogP contribution >= 0.6 is 12.4 Å². The number of ether oxygens (including phenoxy) is 1. The number of hydrogen-bond acceptors (Lipinski definition) is 4. The van der Waals surface area contributed by atoms with Crippen LogP contribution in [0.5, 0.6) is 5.75 Å². The van der Waals surface area contributed by atoms with Gasteiger partial charge in [0.25, 0.3) is 5.91 Å². The highest BCUT2D eigenvalue weighted by atomic mass is 35.5. The minimum atomic E-state index is -0.0548. The molecule has 1 amide bonds. The van der Waals surface area contributed by atoms with Crippen molar-refractivity contribution in [2.45, 2.75) is 25.6 Å². The molecule has 1 aliphatic heterocycles. The second-order valence-electron chi connectivity index (χ2n) is 6.70. The highest BCUT2D eigenvalue weighted by molar-refractivity contribution is 5.94. The van der Waals surface area contributed by atoms with Crippen molar-refractivity contribution in [3.63, 3.8) is 0 Å². The van der Waals surface area contributed by atoms with Crippen LogP contribution in [0.3, 0.4) is 0 Å². The molecular formula is C22H23ClN2O3. The van der Waals surface area contributed by atoms with Crippen LogP contribution in [0.4, 0.5) is 0 Å². The number of halogens is 1. The largest absolute Gasteiger partial charge is 0.497 e. The predicted octanol–water partition coefficient (Wildman–Crippen LogP) is 4.11. The van der Waals surface area contributed by atoms with Crippen LogP contribution in [0.25, 0.3) is 0 Å². The molecule has 2 heterocycles. The van der Waals surface area contributed by atoms with Crippen LogP contribution in [0.2, 0.25) is 0 Å². The van der Waals surface area contributed by atoms with E-state index in [0.29, 0.717) is 17.9 Å². The molecule has 0 saturated carbocycles. The summed E-state index contributed by atoms with van der Waals surface area (Å²) in [5, 5.41) is 0. The van der Waals surface area contributed by atoms with E-state index in [1.54, 1.807) is 13.2 Å². The monoisotopic (exact) mass is 398 g/mol. The molecule has 0 saturated heterocycles. The van der Waals surface area contributed by atoms with E-state index in [0.717, 1.165) is 23.3 Å². The first-order valence-corrected chi connectivity index (χ1v) is 8.98. The van der Waals surface area contributed by atoms with E-state index in [1.807, 2.05) is 35.2 Å². The molecule has 2 N–H and O–H groups in total. The van der Waals surface area contributed by atoms with Crippen molar-refractivity contribution in [1.29, 1.82) is 0 Å². The molecule has 28 heavy (non-hydrogen) atoms. The van der Waals surface area contributed by atoms with Crippen molar-refractivity contribution >= 4 is 18.3 Å². The lowest BCUT2D eigenvalue weighted by Crippen LogP contribution is -2.38. The van der Waals surface area contributed by atoms with Gasteiger partial charge in [-0.1, -0.05) is 36.4 Å². The zero-order valence-corrected chi connectivity index (χ0v) is 16.4. The number of nitrogens with zero attached hydrogens (tertiary/aromatic N) is 1. The van der Waals surface area contributed by atoms with E-state index in [4.69, 9.17) is 14.9 Å².